The van der Waals surface area contributed by atoms with Crippen LogP contribution in [0.15, 0.2) is 42.5 Å². The van der Waals surface area contributed by atoms with Crippen molar-refractivity contribution >= 4 is 62.3 Å². The minimum atomic E-state index is -3.90. The summed E-state index contributed by atoms with van der Waals surface area (Å²) in [6.07, 6.45) is 2.69. The summed E-state index contributed by atoms with van der Waals surface area (Å²) in [6, 6.07) is 10.3. The summed E-state index contributed by atoms with van der Waals surface area (Å²) in [4.78, 5) is 27.6. The highest BCUT2D eigenvalue weighted by Crippen LogP contribution is 2.31. The number of rotatable bonds is 11. The van der Waals surface area contributed by atoms with Crippen molar-refractivity contribution in [2.24, 2.45) is 0 Å². The topological polar surface area (TPSA) is 86.8 Å². The second-order valence-electron chi connectivity index (χ2n) is 7.83. The van der Waals surface area contributed by atoms with Crippen LogP contribution in [0.5, 0.6) is 0 Å². The van der Waals surface area contributed by atoms with E-state index in [4.69, 9.17) is 34.8 Å². The van der Waals surface area contributed by atoms with Crippen LogP contribution in [-0.4, -0.2) is 50.5 Å². The molecule has 0 aromatic heterocycles. The lowest BCUT2D eigenvalue weighted by atomic mass is 10.1. The average molecular weight is 549 g/mol. The third-order valence-electron chi connectivity index (χ3n) is 5.12. The molecule has 7 nitrogen and oxygen atoms in total. The molecule has 2 amide bonds. The number of unbranched alkanes of at least 4 members (excludes halogenated alkanes) is 1. The fourth-order valence-corrected chi connectivity index (χ4v) is 4.59. The molecule has 0 saturated heterocycles. The van der Waals surface area contributed by atoms with Gasteiger partial charge in [-0.25, -0.2) is 8.42 Å². The minimum absolute atomic E-state index is 0.0801. The number of hydrogen-bond acceptors (Lipinski definition) is 4. The molecule has 0 aliphatic carbocycles. The van der Waals surface area contributed by atoms with Gasteiger partial charge in [-0.2, -0.15) is 0 Å². The Morgan fingerprint density at radius 2 is 1.65 bits per heavy atom. The predicted octanol–water partition coefficient (Wildman–Crippen LogP) is 4.75. The number of anilines is 1. The van der Waals surface area contributed by atoms with E-state index < -0.39 is 28.5 Å². The molecule has 11 heteroatoms. The summed E-state index contributed by atoms with van der Waals surface area (Å²) in [5.41, 5.74) is 0.814. The molecule has 186 valence electrons. The average Bonchev–Trinajstić information content (AvgIpc) is 2.77. The van der Waals surface area contributed by atoms with Crippen molar-refractivity contribution in [1.82, 2.24) is 10.2 Å². The molecule has 0 bridgehead atoms. The third-order valence-corrected chi connectivity index (χ3v) is 7.05. The molecule has 0 saturated carbocycles. The fourth-order valence-electron chi connectivity index (χ4n) is 3.18. The number of carbonyl (C=O) groups is 2. The molecule has 0 heterocycles. The van der Waals surface area contributed by atoms with Crippen LogP contribution in [0.2, 0.25) is 15.1 Å². The molecule has 2 aromatic carbocycles. The molecule has 0 unspecified atom stereocenters. The third kappa shape index (κ3) is 8.05. The summed E-state index contributed by atoms with van der Waals surface area (Å²) >= 11 is 18.2. The lowest BCUT2D eigenvalue weighted by Gasteiger charge is -2.31. The van der Waals surface area contributed by atoms with Crippen LogP contribution in [0.4, 0.5) is 5.69 Å². The fraction of sp³-hybridized carbons (Fsp3) is 0.391. The van der Waals surface area contributed by atoms with E-state index in [9.17, 15) is 18.0 Å². The van der Waals surface area contributed by atoms with Gasteiger partial charge in [-0.1, -0.05) is 60.3 Å². The summed E-state index contributed by atoms with van der Waals surface area (Å²) in [6.45, 7) is 3.62. The molecule has 2 aromatic rings. The van der Waals surface area contributed by atoms with Gasteiger partial charge in [0.1, 0.15) is 12.6 Å². The van der Waals surface area contributed by atoms with Crippen molar-refractivity contribution in [1.29, 1.82) is 0 Å². The van der Waals surface area contributed by atoms with Gasteiger partial charge in [0.2, 0.25) is 21.8 Å². The number of carbonyl (C=O) groups excluding carboxylic acids is 2. The van der Waals surface area contributed by atoms with Crippen LogP contribution >= 0.6 is 34.8 Å². The van der Waals surface area contributed by atoms with Crippen molar-refractivity contribution in [2.45, 2.75) is 39.3 Å². The summed E-state index contributed by atoms with van der Waals surface area (Å²) < 4.78 is 26.1. The molecule has 1 atom stereocenters. The van der Waals surface area contributed by atoms with Crippen LogP contribution in [-0.2, 0) is 26.2 Å². The van der Waals surface area contributed by atoms with Crippen molar-refractivity contribution in [3.05, 3.63) is 63.1 Å². The molecule has 0 spiro atoms. The maximum atomic E-state index is 13.5. The smallest absolute Gasteiger partial charge is 0.244 e. The zero-order valence-electron chi connectivity index (χ0n) is 19.2. The van der Waals surface area contributed by atoms with Gasteiger partial charge in [0, 0.05) is 23.1 Å². The van der Waals surface area contributed by atoms with Gasteiger partial charge in [-0.15, -0.1) is 0 Å². The number of hydrogen-bond donors (Lipinski definition) is 1. The molecule has 1 N–H and O–H groups in total. The summed E-state index contributed by atoms with van der Waals surface area (Å²) in [5.74, 6) is -0.906. The van der Waals surface area contributed by atoms with E-state index >= 15 is 0 Å². The normalized spacial score (nSPS) is 12.2. The summed E-state index contributed by atoms with van der Waals surface area (Å²) in [5, 5.41) is 3.74. The quantitative estimate of drug-likeness (QED) is 0.411. The van der Waals surface area contributed by atoms with E-state index in [1.54, 1.807) is 31.2 Å². The van der Waals surface area contributed by atoms with Crippen molar-refractivity contribution < 1.29 is 18.0 Å². The molecule has 0 fully saturated rings. The Labute approximate surface area is 216 Å². The first-order valence-electron chi connectivity index (χ1n) is 10.7. The van der Waals surface area contributed by atoms with Crippen LogP contribution in [0.3, 0.4) is 0 Å². The first-order chi connectivity index (χ1) is 15.9. The highest BCUT2D eigenvalue weighted by molar-refractivity contribution is 7.92. The van der Waals surface area contributed by atoms with Gasteiger partial charge in [-0.05, 0) is 49.2 Å². The monoisotopic (exact) mass is 547 g/mol. The van der Waals surface area contributed by atoms with Crippen LogP contribution < -0.4 is 9.62 Å². The Bertz CT molecular complexity index is 1110. The van der Waals surface area contributed by atoms with Gasteiger partial charge in [0.05, 0.1) is 17.0 Å². The first kappa shape index (κ1) is 28.2. The Balaban J connectivity index is 2.38. The van der Waals surface area contributed by atoms with Crippen LogP contribution in [0.1, 0.15) is 32.3 Å². The maximum Gasteiger partial charge on any atom is 0.244 e. The highest BCUT2D eigenvalue weighted by Gasteiger charge is 2.30. The highest BCUT2D eigenvalue weighted by atomic mass is 35.5. The molecular formula is C23H28Cl3N3O4S. The van der Waals surface area contributed by atoms with Crippen molar-refractivity contribution in [2.75, 3.05) is 23.7 Å². The van der Waals surface area contributed by atoms with E-state index in [0.717, 1.165) is 29.0 Å². The lowest BCUT2D eigenvalue weighted by molar-refractivity contribution is -0.139. The van der Waals surface area contributed by atoms with E-state index in [-0.39, 0.29) is 28.2 Å². The Morgan fingerprint density at radius 1 is 1.03 bits per heavy atom. The number of halogens is 3. The van der Waals surface area contributed by atoms with E-state index in [1.165, 1.54) is 23.1 Å². The molecule has 34 heavy (non-hydrogen) atoms. The van der Waals surface area contributed by atoms with Gasteiger partial charge in [-0.3, -0.25) is 13.9 Å². The molecule has 0 aliphatic heterocycles. The number of nitrogens with zero attached hydrogens (tertiary/aromatic N) is 2. The predicted molar refractivity (Wildman–Crippen MR) is 138 cm³/mol. The number of sulfonamides is 1. The van der Waals surface area contributed by atoms with Gasteiger partial charge in [0.25, 0.3) is 0 Å². The van der Waals surface area contributed by atoms with Crippen molar-refractivity contribution in [3.8, 4) is 0 Å². The second kappa shape index (κ2) is 12.6. The van der Waals surface area contributed by atoms with Crippen molar-refractivity contribution in [3.63, 3.8) is 0 Å². The van der Waals surface area contributed by atoms with E-state index in [0.29, 0.717) is 11.6 Å². The second-order valence-corrected chi connectivity index (χ2v) is 11.0. The Kier molecular flexibility index (Phi) is 10.5. The lowest BCUT2D eigenvalue weighted by Crippen LogP contribution is -2.51. The zero-order chi connectivity index (χ0) is 25.5. The van der Waals surface area contributed by atoms with Crippen LogP contribution in [0, 0.1) is 0 Å². The Hall–Kier alpha value is -2.00. The number of amides is 2. The number of benzene rings is 2. The molecule has 2 rings (SSSR count). The molecule has 0 radical (unpaired) electrons. The van der Waals surface area contributed by atoms with Gasteiger partial charge in [0.15, 0.2) is 0 Å². The SMILES string of the molecule is CCCCNC(=O)[C@H](C)N(Cc1ccc(Cl)cc1)C(=O)CN(c1cc(Cl)ccc1Cl)S(C)(=O)=O. The van der Waals surface area contributed by atoms with Crippen LogP contribution in [0.25, 0.3) is 0 Å². The minimum Gasteiger partial charge on any atom is -0.354 e. The van der Waals surface area contributed by atoms with Gasteiger partial charge >= 0.3 is 0 Å². The van der Waals surface area contributed by atoms with Gasteiger partial charge < -0.3 is 10.2 Å². The summed E-state index contributed by atoms with van der Waals surface area (Å²) in [7, 11) is -3.90. The Morgan fingerprint density at radius 3 is 2.24 bits per heavy atom. The molecule has 0 aliphatic rings. The number of nitrogens with one attached hydrogen (secondary N) is 1. The largest absolute Gasteiger partial charge is 0.354 e. The van der Waals surface area contributed by atoms with E-state index in [2.05, 4.69) is 5.32 Å². The zero-order valence-corrected chi connectivity index (χ0v) is 22.3. The van der Waals surface area contributed by atoms with E-state index in [1.807, 2.05) is 6.92 Å². The first-order valence-corrected chi connectivity index (χ1v) is 13.7. The molecular weight excluding hydrogens is 521 g/mol. The standard InChI is InChI=1S/C23H28Cl3N3O4S/c1-4-5-12-27-23(31)16(2)28(14-17-6-8-18(24)9-7-17)22(30)15-29(34(3,32)33)21-13-19(25)10-11-20(21)26/h6-11,13,16H,4-5,12,14-15H2,1-3H3,(H,27,31)/t16-/m0/s1. The maximum absolute atomic E-state index is 13.5.